The van der Waals surface area contributed by atoms with Gasteiger partial charge in [0.15, 0.2) is 11.5 Å². The fourth-order valence-corrected chi connectivity index (χ4v) is 4.59. The van der Waals surface area contributed by atoms with Gasteiger partial charge in [-0.05, 0) is 81.7 Å². The molecule has 4 nitrogen and oxygen atoms in total. The van der Waals surface area contributed by atoms with Crippen molar-refractivity contribution in [2.24, 2.45) is 5.92 Å². The zero-order valence-electron chi connectivity index (χ0n) is 19.2. The van der Waals surface area contributed by atoms with Crippen molar-refractivity contribution in [2.75, 3.05) is 27.4 Å². The van der Waals surface area contributed by atoms with Crippen LogP contribution in [0.25, 0.3) is 0 Å². The lowest BCUT2D eigenvalue weighted by molar-refractivity contribution is -0.0771. The summed E-state index contributed by atoms with van der Waals surface area (Å²) in [5, 5.41) is 3.63. The van der Waals surface area contributed by atoms with Crippen molar-refractivity contribution >= 4 is 0 Å². The van der Waals surface area contributed by atoms with Gasteiger partial charge < -0.3 is 19.5 Å². The normalized spacial score (nSPS) is 19.3. The lowest BCUT2D eigenvalue weighted by Crippen LogP contribution is -2.36. The first-order valence-corrected chi connectivity index (χ1v) is 11.0. The van der Waals surface area contributed by atoms with Gasteiger partial charge >= 0.3 is 0 Å². The molecule has 0 unspecified atom stereocenters. The fourth-order valence-electron chi connectivity index (χ4n) is 4.59. The second-order valence-electron chi connectivity index (χ2n) is 9.03. The summed E-state index contributed by atoms with van der Waals surface area (Å²) in [5.41, 5.74) is 3.94. The van der Waals surface area contributed by atoms with Gasteiger partial charge in [0.2, 0.25) is 0 Å². The minimum Gasteiger partial charge on any atom is -0.493 e. The van der Waals surface area contributed by atoms with Gasteiger partial charge in [0.1, 0.15) is 0 Å². The van der Waals surface area contributed by atoms with E-state index in [4.69, 9.17) is 14.2 Å². The zero-order chi connectivity index (χ0) is 21.6. The van der Waals surface area contributed by atoms with Crippen molar-refractivity contribution in [3.8, 4) is 11.5 Å². The molecule has 0 aromatic heterocycles. The Morgan fingerprint density at radius 2 is 1.80 bits per heavy atom. The Balaban J connectivity index is 1.63. The van der Waals surface area contributed by atoms with E-state index in [1.807, 2.05) is 12.1 Å². The molecule has 1 fully saturated rings. The third-order valence-corrected chi connectivity index (χ3v) is 6.22. The van der Waals surface area contributed by atoms with Crippen LogP contribution in [0.15, 0.2) is 42.5 Å². The Kier molecular flexibility index (Phi) is 7.79. The maximum absolute atomic E-state index is 5.99. The predicted molar refractivity (Wildman–Crippen MR) is 123 cm³/mol. The van der Waals surface area contributed by atoms with Crippen LogP contribution in [0.3, 0.4) is 0 Å². The van der Waals surface area contributed by atoms with Crippen LogP contribution in [0.4, 0.5) is 0 Å². The molecule has 1 aliphatic rings. The van der Waals surface area contributed by atoms with Gasteiger partial charge in [-0.3, -0.25) is 0 Å². The third-order valence-electron chi connectivity index (χ3n) is 6.22. The quantitative estimate of drug-likeness (QED) is 0.555. The van der Waals surface area contributed by atoms with E-state index >= 15 is 0 Å². The summed E-state index contributed by atoms with van der Waals surface area (Å²) >= 11 is 0. The first-order chi connectivity index (χ1) is 14.4. The van der Waals surface area contributed by atoms with E-state index in [1.54, 1.807) is 14.2 Å². The maximum atomic E-state index is 5.99. The fraction of sp³-hybridized carbons (Fsp3) is 0.538. The molecule has 30 heavy (non-hydrogen) atoms. The second-order valence-corrected chi connectivity index (χ2v) is 9.03. The number of aryl methyl sites for hydroxylation is 1. The second kappa shape index (κ2) is 10.3. The highest BCUT2D eigenvalue weighted by Crippen LogP contribution is 2.40. The minimum atomic E-state index is -0.0288. The van der Waals surface area contributed by atoms with E-state index in [1.165, 1.54) is 16.7 Å². The van der Waals surface area contributed by atoms with Gasteiger partial charge in [-0.15, -0.1) is 0 Å². The van der Waals surface area contributed by atoms with E-state index in [9.17, 15) is 0 Å². The molecule has 1 heterocycles. The number of nitrogens with one attached hydrogen (secondary N) is 1. The summed E-state index contributed by atoms with van der Waals surface area (Å²) in [6.07, 6.45) is 3.37. The SMILES string of the molecule is COc1ccc(CNCC[C@@H](c2ccc(C)cc2)[C@H]2CCOC(C)(C)C2)cc1OC. The van der Waals surface area contributed by atoms with Crippen molar-refractivity contribution in [3.63, 3.8) is 0 Å². The summed E-state index contributed by atoms with van der Waals surface area (Å²) in [6.45, 7) is 9.26. The third kappa shape index (κ3) is 5.99. The zero-order valence-corrected chi connectivity index (χ0v) is 19.2. The number of methoxy groups -OCH3 is 2. The highest BCUT2D eigenvalue weighted by atomic mass is 16.5. The van der Waals surface area contributed by atoms with Crippen LogP contribution in [0.2, 0.25) is 0 Å². The molecule has 164 valence electrons. The Morgan fingerprint density at radius 1 is 1.07 bits per heavy atom. The monoisotopic (exact) mass is 411 g/mol. The largest absolute Gasteiger partial charge is 0.493 e. The molecular weight excluding hydrogens is 374 g/mol. The van der Waals surface area contributed by atoms with Crippen LogP contribution in [-0.2, 0) is 11.3 Å². The molecule has 1 aliphatic heterocycles. The Morgan fingerprint density at radius 3 is 2.47 bits per heavy atom. The van der Waals surface area contributed by atoms with E-state index in [0.717, 1.165) is 50.5 Å². The van der Waals surface area contributed by atoms with Crippen molar-refractivity contribution in [1.29, 1.82) is 0 Å². The highest BCUT2D eigenvalue weighted by molar-refractivity contribution is 5.42. The average molecular weight is 412 g/mol. The average Bonchev–Trinajstić information content (AvgIpc) is 2.73. The van der Waals surface area contributed by atoms with Crippen molar-refractivity contribution in [3.05, 3.63) is 59.2 Å². The molecule has 0 radical (unpaired) electrons. The summed E-state index contributed by atoms with van der Waals surface area (Å²) < 4.78 is 16.7. The summed E-state index contributed by atoms with van der Waals surface area (Å²) in [6, 6.07) is 15.2. The summed E-state index contributed by atoms with van der Waals surface area (Å²) in [7, 11) is 3.34. The number of rotatable bonds is 9. The van der Waals surface area contributed by atoms with Crippen LogP contribution in [0, 0.1) is 12.8 Å². The number of hydrogen-bond acceptors (Lipinski definition) is 4. The number of ether oxygens (including phenoxy) is 3. The smallest absolute Gasteiger partial charge is 0.161 e. The first-order valence-electron chi connectivity index (χ1n) is 11.0. The molecule has 0 bridgehead atoms. The molecule has 4 heteroatoms. The molecule has 0 amide bonds. The molecule has 2 aromatic carbocycles. The highest BCUT2D eigenvalue weighted by Gasteiger charge is 2.33. The topological polar surface area (TPSA) is 39.7 Å². The molecule has 0 spiro atoms. The minimum absolute atomic E-state index is 0.0288. The Bertz CT molecular complexity index is 800. The van der Waals surface area contributed by atoms with E-state index in [2.05, 4.69) is 56.4 Å². The van der Waals surface area contributed by atoms with Crippen molar-refractivity contribution in [1.82, 2.24) is 5.32 Å². The maximum Gasteiger partial charge on any atom is 0.161 e. The molecule has 1 saturated heterocycles. The molecule has 3 rings (SSSR count). The molecular formula is C26H37NO3. The standard InChI is InChI=1S/C26H37NO3/c1-19-6-9-21(10-7-19)23(22-13-15-30-26(2,3)17-22)12-14-27-18-20-8-11-24(28-4)25(16-20)29-5/h6-11,16,22-23,27H,12-15,17-18H2,1-5H3/t22-,23-/m0/s1. The molecule has 0 aliphatic carbocycles. The predicted octanol–water partition coefficient (Wildman–Crippen LogP) is 5.48. The molecule has 2 aromatic rings. The molecule has 0 saturated carbocycles. The number of hydrogen-bond donors (Lipinski definition) is 1. The van der Waals surface area contributed by atoms with Crippen LogP contribution >= 0.6 is 0 Å². The van der Waals surface area contributed by atoms with Gasteiger partial charge in [0.25, 0.3) is 0 Å². The van der Waals surface area contributed by atoms with Crippen LogP contribution < -0.4 is 14.8 Å². The van der Waals surface area contributed by atoms with Crippen LogP contribution in [0.1, 0.15) is 55.7 Å². The van der Waals surface area contributed by atoms with Gasteiger partial charge in [-0.2, -0.15) is 0 Å². The van der Waals surface area contributed by atoms with Gasteiger partial charge in [-0.1, -0.05) is 35.9 Å². The van der Waals surface area contributed by atoms with Crippen molar-refractivity contribution < 1.29 is 14.2 Å². The Labute approximate surface area is 181 Å². The Hall–Kier alpha value is -2.04. The lowest BCUT2D eigenvalue weighted by Gasteiger charge is -2.39. The molecule has 1 N–H and O–H groups in total. The van der Waals surface area contributed by atoms with E-state index in [0.29, 0.717) is 11.8 Å². The van der Waals surface area contributed by atoms with Gasteiger partial charge in [0.05, 0.1) is 19.8 Å². The van der Waals surface area contributed by atoms with E-state index in [-0.39, 0.29) is 5.60 Å². The molecule has 2 atom stereocenters. The number of benzene rings is 2. The first kappa shape index (κ1) is 22.6. The van der Waals surface area contributed by atoms with Gasteiger partial charge in [-0.25, -0.2) is 0 Å². The van der Waals surface area contributed by atoms with Crippen LogP contribution in [0.5, 0.6) is 11.5 Å². The van der Waals surface area contributed by atoms with Crippen LogP contribution in [-0.4, -0.2) is 33.0 Å². The van der Waals surface area contributed by atoms with Gasteiger partial charge in [0, 0.05) is 13.2 Å². The summed E-state index contributed by atoms with van der Waals surface area (Å²) in [5.74, 6) is 2.74. The van der Waals surface area contributed by atoms with Crippen molar-refractivity contribution in [2.45, 2.75) is 58.1 Å². The summed E-state index contributed by atoms with van der Waals surface area (Å²) in [4.78, 5) is 0. The van der Waals surface area contributed by atoms with E-state index < -0.39 is 0 Å². The lowest BCUT2D eigenvalue weighted by atomic mass is 9.75.